The van der Waals surface area contributed by atoms with Crippen molar-refractivity contribution in [2.24, 2.45) is 0 Å². The SMILES string of the molecule is CC=CCc1nc(Cl)ncc1Cl. The van der Waals surface area contributed by atoms with E-state index in [0.29, 0.717) is 11.4 Å². The lowest BCUT2D eigenvalue weighted by molar-refractivity contribution is 1.05. The molecule has 0 unspecified atom stereocenters. The molecule has 64 valence electrons. The van der Waals surface area contributed by atoms with Gasteiger partial charge < -0.3 is 0 Å². The van der Waals surface area contributed by atoms with Crippen molar-refractivity contribution >= 4 is 23.2 Å². The van der Waals surface area contributed by atoms with Crippen LogP contribution in [0.15, 0.2) is 18.3 Å². The molecule has 0 aliphatic carbocycles. The van der Waals surface area contributed by atoms with E-state index in [1.54, 1.807) is 0 Å². The van der Waals surface area contributed by atoms with Gasteiger partial charge in [-0.05, 0) is 18.5 Å². The summed E-state index contributed by atoms with van der Waals surface area (Å²) in [7, 11) is 0. The number of nitrogens with zero attached hydrogens (tertiary/aromatic N) is 2. The van der Waals surface area contributed by atoms with E-state index >= 15 is 0 Å². The van der Waals surface area contributed by atoms with Gasteiger partial charge in [-0.15, -0.1) is 0 Å². The molecule has 0 amide bonds. The highest BCUT2D eigenvalue weighted by Gasteiger charge is 2.01. The van der Waals surface area contributed by atoms with Gasteiger partial charge in [0.25, 0.3) is 0 Å². The molecule has 0 atom stereocenters. The summed E-state index contributed by atoms with van der Waals surface area (Å²) in [5, 5.41) is 0.788. The summed E-state index contributed by atoms with van der Waals surface area (Å²) in [6, 6.07) is 0. The van der Waals surface area contributed by atoms with Crippen molar-refractivity contribution in [2.45, 2.75) is 13.3 Å². The summed E-state index contributed by atoms with van der Waals surface area (Å²) >= 11 is 11.4. The van der Waals surface area contributed by atoms with Crippen LogP contribution < -0.4 is 0 Å². The van der Waals surface area contributed by atoms with Gasteiger partial charge in [0.2, 0.25) is 5.28 Å². The zero-order valence-corrected chi connectivity index (χ0v) is 8.10. The Morgan fingerprint density at radius 1 is 1.50 bits per heavy atom. The molecule has 0 radical (unpaired) electrons. The maximum absolute atomic E-state index is 5.81. The number of hydrogen-bond donors (Lipinski definition) is 0. The standard InChI is InChI=1S/C8H8Cl2N2/c1-2-3-4-7-6(9)5-11-8(10)12-7/h2-3,5H,4H2,1H3. The Bertz CT molecular complexity index is 297. The first-order chi connectivity index (χ1) is 5.74. The lowest BCUT2D eigenvalue weighted by Crippen LogP contribution is -1.91. The molecule has 0 saturated heterocycles. The predicted octanol–water partition coefficient (Wildman–Crippen LogP) is 2.90. The molecule has 0 fully saturated rings. The quantitative estimate of drug-likeness (QED) is 0.545. The number of allylic oxidation sites excluding steroid dienone is 2. The lowest BCUT2D eigenvalue weighted by Gasteiger charge is -1.98. The number of rotatable bonds is 2. The molecule has 4 heteroatoms. The summed E-state index contributed by atoms with van der Waals surface area (Å²) in [4.78, 5) is 7.73. The van der Waals surface area contributed by atoms with E-state index < -0.39 is 0 Å². The third kappa shape index (κ3) is 2.47. The Labute approximate surface area is 81.2 Å². The second-order valence-corrected chi connectivity index (χ2v) is 2.95. The van der Waals surface area contributed by atoms with Crippen LogP contribution in [0.25, 0.3) is 0 Å². The molecule has 0 aliphatic rings. The molecule has 1 aromatic heterocycles. The highest BCUT2D eigenvalue weighted by atomic mass is 35.5. The number of hydrogen-bond acceptors (Lipinski definition) is 2. The molecule has 2 nitrogen and oxygen atoms in total. The summed E-state index contributed by atoms with van der Waals surface area (Å²) in [6.45, 7) is 1.94. The van der Waals surface area contributed by atoms with E-state index in [1.165, 1.54) is 6.20 Å². The third-order valence-electron chi connectivity index (χ3n) is 1.33. The first-order valence-electron chi connectivity index (χ1n) is 3.52. The molecule has 0 bridgehead atoms. The van der Waals surface area contributed by atoms with Crippen molar-refractivity contribution in [2.75, 3.05) is 0 Å². The molecule has 0 saturated carbocycles. The van der Waals surface area contributed by atoms with Gasteiger partial charge in [0.1, 0.15) is 0 Å². The van der Waals surface area contributed by atoms with Gasteiger partial charge >= 0.3 is 0 Å². The van der Waals surface area contributed by atoms with Crippen LogP contribution in [0.1, 0.15) is 12.6 Å². The van der Waals surface area contributed by atoms with Crippen LogP contribution >= 0.6 is 23.2 Å². The van der Waals surface area contributed by atoms with Crippen LogP contribution in [0.2, 0.25) is 10.3 Å². The van der Waals surface area contributed by atoms with Crippen molar-refractivity contribution in [3.8, 4) is 0 Å². The van der Waals surface area contributed by atoms with E-state index in [1.807, 2.05) is 19.1 Å². The van der Waals surface area contributed by atoms with Crippen LogP contribution in [-0.2, 0) is 6.42 Å². The minimum absolute atomic E-state index is 0.235. The number of aromatic nitrogens is 2. The monoisotopic (exact) mass is 202 g/mol. The topological polar surface area (TPSA) is 25.8 Å². The molecule has 1 heterocycles. The molecule has 0 spiro atoms. The van der Waals surface area contributed by atoms with Crippen molar-refractivity contribution in [1.29, 1.82) is 0 Å². The Kier molecular flexibility index (Phi) is 3.50. The Morgan fingerprint density at radius 3 is 2.92 bits per heavy atom. The largest absolute Gasteiger partial charge is 0.225 e. The zero-order chi connectivity index (χ0) is 8.97. The smallest absolute Gasteiger partial charge is 0.222 e. The van der Waals surface area contributed by atoms with Crippen LogP contribution in [0.4, 0.5) is 0 Å². The Hall–Kier alpha value is -0.600. The van der Waals surface area contributed by atoms with Crippen molar-refractivity contribution in [3.63, 3.8) is 0 Å². The normalized spacial score (nSPS) is 10.9. The van der Waals surface area contributed by atoms with E-state index in [2.05, 4.69) is 9.97 Å². The molecule has 0 N–H and O–H groups in total. The molecular weight excluding hydrogens is 195 g/mol. The second-order valence-electron chi connectivity index (χ2n) is 2.21. The highest BCUT2D eigenvalue weighted by molar-refractivity contribution is 6.31. The Morgan fingerprint density at radius 2 is 2.25 bits per heavy atom. The minimum Gasteiger partial charge on any atom is -0.225 e. The van der Waals surface area contributed by atoms with Gasteiger partial charge in [0.15, 0.2) is 0 Å². The second kappa shape index (κ2) is 4.43. The average Bonchev–Trinajstić information content (AvgIpc) is 2.07. The van der Waals surface area contributed by atoms with Gasteiger partial charge in [-0.1, -0.05) is 23.8 Å². The van der Waals surface area contributed by atoms with Crippen LogP contribution in [0.3, 0.4) is 0 Å². The summed E-state index contributed by atoms with van der Waals surface area (Å²) in [5.41, 5.74) is 0.759. The van der Waals surface area contributed by atoms with E-state index in [4.69, 9.17) is 23.2 Å². The van der Waals surface area contributed by atoms with Crippen LogP contribution in [-0.4, -0.2) is 9.97 Å². The fourth-order valence-corrected chi connectivity index (χ4v) is 1.07. The molecule has 12 heavy (non-hydrogen) atoms. The van der Waals surface area contributed by atoms with Crippen molar-refractivity contribution < 1.29 is 0 Å². The van der Waals surface area contributed by atoms with E-state index in [0.717, 1.165) is 5.69 Å². The summed E-state index contributed by atoms with van der Waals surface area (Å²) < 4.78 is 0. The van der Waals surface area contributed by atoms with Gasteiger partial charge in [-0.2, -0.15) is 0 Å². The molecule has 0 aliphatic heterocycles. The van der Waals surface area contributed by atoms with Gasteiger partial charge in [0, 0.05) is 6.42 Å². The third-order valence-corrected chi connectivity index (χ3v) is 1.83. The van der Waals surface area contributed by atoms with Gasteiger partial charge in [0.05, 0.1) is 16.9 Å². The average molecular weight is 203 g/mol. The highest BCUT2D eigenvalue weighted by Crippen LogP contribution is 2.14. The van der Waals surface area contributed by atoms with Gasteiger partial charge in [-0.25, -0.2) is 9.97 Å². The molecule has 0 aromatic carbocycles. The Balaban J connectivity index is 2.89. The maximum Gasteiger partial charge on any atom is 0.222 e. The van der Waals surface area contributed by atoms with Crippen molar-refractivity contribution in [1.82, 2.24) is 9.97 Å². The zero-order valence-electron chi connectivity index (χ0n) is 6.59. The minimum atomic E-state index is 0.235. The lowest BCUT2D eigenvalue weighted by atomic mass is 10.3. The van der Waals surface area contributed by atoms with Crippen LogP contribution in [0, 0.1) is 0 Å². The van der Waals surface area contributed by atoms with E-state index in [-0.39, 0.29) is 5.28 Å². The molecule has 1 aromatic rings. The first-order valence-corrected chi connectivity index (χ1v) is 4.27. The molecule has 1 rings (SSSR count). The molecular formula is C8H8Cl2N2. The van der Waals surface area contributed by atoms with Crippen LogP contribution in [0.5, 0.6) is 0 Å². The summed E-state index contributed by atoms with van der Waals surface area (Å²) in [6.07, 6.45) is 6.10. The van der Waals surface area contributed by atoms with Gasteiger partial charge in [-0.3, -0.25) is 0 Å². The summed E-state index contributed by atoms with van der Waals surface area (Å²) in [5.74, 6) is 0. The first kappa shape index (κ1) is 9.49. The van der Waals surface area contributed by atoms with E-state index in [9.17, 15) is 0 Å². The van der Waals surface area contributed by atoms with Crippen molar-refractivity contribution in [3.05, 3.63) is 34.3 Å². The fourth-order valence-electron chi connectivity index (χ4n) is 0.751. The number of halogens is 2. The predicted molar refractivity (Wildman–Crippen MR) is 50.6 cm³/mol. The fraction of sp³-hybridized carbons (Fsp3) is 0.250. The maximum atomic E-state index is 5.81.